The molecule has 1 aromatic heterocycles. The molecule has 1 aromatic rings. The lowest BCUT2D eigenvalue weighted by atomic mass is 10.1. The predicted molar refractivity (Wildman–Crippen MR) is 131 cm³/mol. The third-order valence-corrected chi connectivity index (χ3v) is 5.49. The zero-order chi connectivity index (χ0) is 22.4. The summed E-state index contributed by atoms with van der Waals surface area (Å²) < 4.78 is 1.57. The molecule has 0 spiro atoms. The number of rotatable bonds is 17. The van der Waals surface area contributed by atoms with Crippen LogP contribution in [0.5, 0.6) is 0 Å². The van der Waals surface area contributed by atoms with Crippen molar-refractivity contribution in [3.63, 3.8) is 0 Å². The van der Waals surface area contributed by atoms with Gasteiger partial charge in [-0.3, -0.25) is 9.78 Å². The molecule has 0 unspecified atom stereocenters. The minimum absolute atomic E-state index is 0.313. The number of aryl methyl sites for hydroxylation is 1. The molecule has 1 rings (SSSR count). The van der Waals surface area contributed by atoms with Crippen molar-refractivity contribution in [2.75, 3.05) is 0 Å². The van der Waals surface area contributed by atoms with Crippen molar-refractivity contribution in [1.29, 1.82) is 0 Å². The van der Waals surface area contributed by atoms with Crippen LogP contribution in [0.15, 0.2) is 21.9 Å². The number of hydrogen-bond acceptors (Lipinski definition) is 2. The molecular formula is C27H42N2O2. The first-order chi connectivity index (χ1) is 15.2. The Hall–Kier alpha value is -2.20. The van der Waals surface area contributed by atoms with Gasteiger partial charge in [0, 0.05) is 31.6 Å². The van der Waals surface area contributed by atoms with E-state index in [1.54, 1.807) is 10.8 Å². The first-order valence-corrected chi connectivity index (χ1v) is 12.5. The molecule has 1 N–H and O–H groups in total. The van der Waals surface area contributed by atoms with Gasteiger partial charge in [0.15, 0.2) is 0 Å². The van der Waals surface area contributed by atoms with Gasteiger partial charge in [0.1, 0.15) is 0 Å². The Morgan fingerprint density at radius 1 is 0.710 bits per heavy atom. The maximum atomic E-state index is 11.6. The number of aromatic amines is 1. The van der Waals surface area contributed by atoms with Crippen LogP contribution >= 0.6 is 0 Å². The van der Waals surface area contributed by atoms with Crippen LogP contribution in [-0.4, -0.2) is 9.55 Å². The van der Waals surface area contributed by atoms with E-state index in [2.05, 4.69) is 35.6 Å². The van der Waals surface area contributed by atoms with Crippen LogP contribution in [0.4, 0.5) is 0 Å². The summed E-state index contributed by atoms with van der Waals surface area (Å²) in [5.41, 5.74) is -0.650. The molecule has 1 heterocycles. The summed E-state index contributed by atoms with van der Waals surface area (Å²) in [5, 5.41) is 0. The van der Waals surface area contributed by atoms with Crippen molar-refractivity contribution in [1.82, 2.24) is 9.55 Å². The molecule has 0 aliphatic rings. The van der Waals surface area contributed by atoms with Gasteiger partial charge < -0.3 is 4.57 Å². The van der Waals surface area contributed by atoms with Crippen molar-refractivity contribution >= 4 is 0 Å². The molecule has 172 valence electrons. The highest BCUT2D eigenvalue weighted by Gasteiger charge is 1.97. The molecule has 0 aliphatic heterocycles. The molecule has 31 heavy (non-hydrogen) atoms. The second-order valence-corrected chi connectivity index (χ2v) is 8.36. The number of aromatic nitrogens is 2. The van der Waals surface area contributed by atoms with Crippen molar-refractivity contribution < 1.29 is 0 Å². The van der Waals surface area contributed by atoms with E-state index in [4.69, 9.17) is 0 Å². The average molecular weight is 427 g/mol. The summed E-state index contributed by atoms with van der Waals surface area (Å²) in [5.74, 6) is 12.3. The minimum Gasteiger partial charge on any atom is -0.301 e. The molecule has 0 amide bonds. The van der Waals surface area contributed by atoms with Crippen molar-refractivity contribution in [2.45, 2.75) is 123 Å². The van der Waals surface area contributed by atoms with E-state index in [0.717, 1.165) is 32.1 Å². The normalized spacial score (nSPS) is 10.2. The zero-order valence-corrected chi connectivity index (χ0v) is 19.6. The molecule has 0 aliphatic carbocycles. The summed E-state index contributed by atoms with van der Waals surface area (Å²) in [4.78, 5) is 24.9. The van der Waals surface area contributed by atoms with Gasteiger partial charge >= 0.3 is 5.69 Å². The Balaban J connectivity index is 1.86. The first-order valence-electron chi connectivity index (χ1n) is 12.5. The highest BCUT2D eigenvalue weighted by atomic mass is 16.2. The van der Waals surface area contributed by atoms with E-state index in [-0.39, 0.29) is 11.2 Å². The van der Waals surface area contributed by atoms with Gasteiger partial charge in [-0.15, -0.1) is 0 Å². The van der Waals surface area contributed by atoms with Crippen molar-refractivity contribution in [3.8, 4) is 23.7 Å². The molecule has 0 bridgehead atoms. The third kappa shape index (κ3) is 16.2. The average Bonchev–Trinajstić information content (AvgIpc) is 2.76. The SMILES string of the molecule is CCCCCCCCCCC#CC#CCCCCCCCCCn1ccc(=O)[nH]c1=O. The molecule has 0 saturated heterocycles. The van der Waals surface area contributed by atoms with E-state index < -0.39 is 0 Å². The lowest BCUT2D eigenvalue weighted by Gasteiger charge is -2.04. The van der Waals surface area contributed by atoms with Crippen molar-refractivity contribution in [3.05, 3.63) is 33.1 Å². The molecule has 0 atom stereocenters. The molecule has 4 heteroatoms. The van der Waals surface area contributed by atoms with Crippen LogP contribution in [0.3, 0.4) is 0 Å². The van der Waals surface area contributed by atoms with Crippen LogP contribution < -0.4 is 11.2 Å². The fourth-order valence-corrected chi connectivity index (χ4v) is 3.56. The van der Waals surface area contributed by atoms with Gasteiger partial charge in [-0.1, -0.05) is 95.8 Å². The molecule has 4 nitrogen and oxygen atoms in total. The molecule has 0 aromatic carbocycles. The zero-order valence-electron chi connectivity index (χ0n) is 19.6. The van der Waals surface area contributed by atoms with Gasteiger partial charge in [-0.05, 0) is 31.1 Å². The Morgan fingerprint density at radius 2 is 1.19 bits per heavy atom. The smallest absolute Gasteiger partial charge is 0.301 e. The Morgan fingerprint density at radius 3 is 1.71 bits per heavy atom. The summed E-state index contributed by atoms with van der Waals surface area (Å²) in [6.07, 6.45) is 22.4. The Bertz CT molecular complexity index is 798. The molecule has 0 radical (unpaired) electrons. The fourth-order valence-electron chi connectivity index (χ4n) is 3.56. The second-order valence-electron chi connectivity index (χ2n) is 8.36. The Kier molecular flexibility index (Phi) is 17.1. The predicted octanol–water partition coefficient (Wildman–Crippen LogP) is 6.20. The van der Waals surface area contributed by atoms with Crippen molar-refractivity contribution in [2.24, 2.45) is 0 Å². The van der Waals surface area contributed by atoms with Gasteiger partial charge in [-0.25, -0.2) is 4.79 Å². The van der Waals surface area contributed by atoms with Crippen LogP contribution in [-0.2, 0) is 6.54 Å². The lowest BCUT2D eigenvalue weighted by molar-refractivity contribution is 0.534. The fraction of sp³-hybridized carbons (Fsp3) is 0.704. The summed E-state index contributed by atoms with van der Waals surface area (Å²) in [6, 6.07) is 1.40. The van der Waals surface area contributed by atoms with E-state index in [0.29, 0.717) is 6.54 Å². The highest BCUT2D eigenvalue weighted by Crippen LogP contribution is 2.09. The minimum atomic E-state index is -0.336. The molecule has 0 saturated carbocycles. The first kappa shape index (κ1) is 26.8. The van der Waals surface area contributed by atoms with Gasteiger partial charge in [0.2, 0.25) is 0 Å². The summed E-state index contributed by atoms with van der Waals surface area (Å²) >= 11 is 0. The van der Waals surface area contributed by atoms with Crippen LogP contribution in [0.2, 0.25) is 0 Å². The van der Waals surface area contributed by atoms with Crippen LogP contribution in [0.1, 0.15) is 116 Å². The molecular weight excluding hydrogens is 384 g/mol. The topological polar surface area (TPSA) is 54.9 Å². The lowest BCUT2D eigenvalue weighted by Crippen LogP contribution is -2.28. The van der Waals surface area contributed by atoms with Gasteiger partial charge in [-0.2, -0.15) is 0 Å². The number of H-pyrrole nitrogens is 1. The van der Waals surface area contributed by atoms with Crippen LogP contribution in [0.25, 0.3) is 0 Å². The highest BCUT2D eigenvalue weighted by molar-refractivity contribution is 5.25. The summed E-state index contributed by atoms with van der Waals surface area (Å²) in [7, 11) is 0. The largest absolute Gasteiger partial charge is 0.328 e. The monoisotopic (exact) mass is 426 g/mol. The Labute approximate surface area is 189 Å². The van der Waals surface area contributed by atoms with E-state index in [1.807, 2.05) is 0 Å². The number of nitrogens with zero attached hydrogens (tertiary/aromatic N) is 1. The van der Waals surface area contributed by atoms with Gasteiger partial charge in [0.05, 0.1) is 0 Å². The molecule has 0 fully saturated rings. The van der Waals surface area contributed by atoms with E-state index in [1.165, 1.54) is 83.1 Å². The maximum absolute atomic E-state index is 11.6. The van der Waals surface area contributed by atoms with E-state index in [9.17, 15) is 9.59 Å². The number of nitrogens with one attached hydrogen (secondary N) is 1. The number of hydrogen-bond donors (Lipinski definition) is 1. The number of unbranched alkanes of at least 4 members (excludes halogenated alkanes) is 15. The van der Waals surface area contributed by atoms with Crippen LogP contribution in [0, 0.1) is 23.7 Å². The maximum Gasteiger partial charge on any atom is 0.328 e. The quantitative estimate of drug-likeness (QED) is 0.238. The van der Waals surface area contributed by atoms with Gasteiger partial charge in [0.25, 0.3) is 5.56 Å². The standard InChI is InChI=1S/C27H42N2O2/c1-2-3-4-5-6-7-8-9-10-11-12-13-14-15-16-17-18-19-20-21-22-24-29-25-23-26(30)28-27(29)31/h23,25H,2-10,15-22,24H2,1H3,(H,28,30,31). The summed E-state index contributed by atoms with van der Waals surface area (Å²) in [6.45, 7) is 2.93. The third-order valence-electron chi connectivity index (χ3n) is 5.49. The second kappa shape index (κ2) is 19.7. The van der Waals surface area contributed by atoms with E-state index >= 15 is 0 Å².